The Hall–Kier alpha value is -1.14. The van der Waals surface area contributed by atoms with Crippen LogP contribution in [-0.2, 0) is 13.2 Å². The lowest BCUT2D eigenvalue weighted by Gasteiger charge is -2.23. The lowest BCUT2D eigenvalue weighted by Crippen LogP contribution is -2.37. The fourth-order valence-corrected chi connectivity index (χ4v) is 4.19. The van der Waals surface area contributed by atoms with E-state index in [0.717, 1.165) is 28.9 Å². The molecule has 1 fully saturated rings. The van der Waals surface area contributed by atoms with E-state index in [9.17, 15) is 4.39 Å². The first-order valence-corrected chi connectivity index (χ1v) is 10.5. The van der Waals surface area contributed by atoms with E-state index in [1.165, 1.54) is 25.5 Å². The van der Waals surface area contributed by atoms with E-state index in [4.69, 9.17) is 16.3 Å². The van der Waals surface area contributed by atoms with E-state index in [2.05, 4.69) is 33.1 Å². The van der Waals surface area contributed by atoms with Crippen molar-refractivity contribution >= 4 is 27.5 Å². The second-order valence-electron chi connectivity index (χ2n) is 6.80. The molecule has 27 heavy (non-hydrogen) atoms. The molecule has 1 heterocycles. The molecule has 0 amide bonds. The molecule has 3 rings (SSSR count). The van der Waals surface area contributed by atoms with Crippen molar-refractivity contribution in [3.63, 3.8) is 0 Å². The summed E-state index contributed by atoms with van der Waals surface area (Å²) in [7, 11) is 0. The van der Waals surface area contributed by atoms with Crippen LogP contribution in [0.2, 0.25) is 5.02 Å². The van der Waals surface area contributed by atoms with Crippen molar-refractivity contribution in [3.8, 4) is 5.75 Å². The van der Waals surface area contributed by atoms with Crippen LogP contribution in [0.5, 0.6) is 5.75 Å². The lowest BCUT2D eigenvalue weighted by atomic mass is 10.1. The number of nitrogens with one attached hydrogen (secondary N) is 1. The van der Waals surface area contributed by atoms with Crippen LogP contribution >= 0.6 is 27.5 Å². The summed E-state index contributed by atoms with van der Waals surface area (Å²) < 4.78 is 20.9. The van der Waals surface area contributed by atoms with Gasteiger partial charge in [-0.05, 0) is 56.3 Å². The van der Waals surface area contributed by atoms with Gasteiger partial charge in [-0.3, -0.25) is 4.90 Å². The molecule has 1 unspecified atom stereocenters. The van der Waals surface area contributed by atoms with E-state index in [1.54, 1.807) is 12.1 Å². The molecule has 1 aliphatic heterocycles. The Balaban J connectivity index is 1.62. The summed E-state index contributed by atoms with van der Waals surface area (Å²) in [4.78, 5) is 2.52. The molecule has 3 nitrogen and oxygen atoms in total. The second kappa shape index (κ2) is 9.87. The Morgan fingerprint density at radius 2 is 2.19 bits per heavy atom. The number of likely N-dealkylation sites (tertiary alicyclic amines) is 1. The first-order valence-electron chi connectivity index (χ1n) is 9.37. The summed E-state index contributed by atoms with van der Waals surface area (Å²) in [5.74, 6) is 0.393. The number of likely N-dealkylation sites (N-methyl/N-ethyl adjacent to an activating group) is 1. The largest absolute Gasteiger partial charge is 0.488 e. The van der Waals surface area contributed by atoms with E-state index in [0.29, 0.717) is 23.2 Å². The molecule has 0 bridgehead atoms. The van der Waals surface area contributed by atoms with Crippen LogP contribution in [0.4, 0.5) is 4.39 Å². The van der Waals surface area contributed by atoms with Crippen LogP contribution in [-0.4, -0.2) is 30.6 Å². The van der Waals surface area contributed by atoms with Gasteiger partial charge in [0.05, 0.1) is 5.02 Å². The third-order valence-corrected chi connectivity index (χ3v) is 5.90. The fraction of sp³-hybridized carbons (Fsp3) is 0.429. The Kier molecular flexibility index (Phi) is 7.53. The summed E-state index contributed by atoms with van der Waals surface area (Å²) in [6.07, 6.45) is 2.52. The molecule has 0 aliphatic carbocycles. The zero-order valence-electron chi connectivity index (χ0n) is 15.5. The number of hydrogen-bond donors (Lipinski definition) is 1. The average Bonchev–Trinajstić information content (AvgIpc) is 3.10. The van der Waals surface area contributed by atoms with Crippen molar-refractivity contribution in [3.05, 3.63) is 62.8 Å². The van der Waals surface area contributed by atoms with E-state index in [1.807, 2.05) is 18.2 Å². The molecule has 2 aromatic carbocycles. The van der Waals surface area contributed by atoms with Gasteiger partial charge < -0.3 is 10.1 Å². The minimum atomic E-state index is -0.347. The SMILES string of the molecule is CCN1CCCC1CNCc1cc(Br)ccc1OCc1c(F)cccc1Cl. The highest BCUT2D eigenvalue weighted by Crippen LogP contribution is 2.26. The van der Waals surface area contributed by atoms with Gasteiger partial charge in [0.25, 0.3) is 0 Å². The molecule has 0 saturated carbocycles. The number of ether oxygens (including phenoxy) is 1. The molecule has 1 N–H and O–H groups in total. The third kappa shape index (κ3) is 5.44. The highest BCUT2D eigenvalue weighted by atomic mass is 79.9. The van der Waals surface area contributed by atoms with Crippen molar-refractivity contribution in [1.82, 2.24) is 10.2 Å². The van der Waals surface area contributed by atoms with Gasteiger partial charge in [-0.2, -0.15) is 0 Å². The first-order chi connectivity index (χ1) is 13.1. The van der Waals surface area contributed by atoms with E-state index >= 15 is 0 Å². The molecular weight excluding hydrogens is 431 g/mol. The molecule has 0 spiro atoms. The second-order valence-corrected chi connectivity index (χ2v) is 8.12. The predicted octanol–water partition coefficient (Wildman–Crippen LogP) is 5.39. The van der Waals surface area contributed by atoms with Gasteiger partial charge in [-0.25, -0.2) is 4.39 Å². The van der Waals surface area contributed by atoms with Crippen molar-refractivity contribution < 1.29 is 9.13 Å². The van der Waals surface area contributed by atoms with Crippen molar-refractivity contribution in [2.75, 3.05) is 19.6 Å². The topological polar surface area (TPSA) is 24.5 Å². The van der Waals surface area contributed by atoms with E-state index < -0.39 is 0 Å². The number of halogens is 3. The summed E-state index contributed by atoms with van der Waals surface area (Å²) in [5.41, 5.74) is 1.42. The minimum absolute atomic E-state index is 0.104. The van der Waals surface area contributed by atoms with Crippen molar-refractivity contribution in [1.29, 1.82) is 0 Å². The van der Waals surface area contributed by atoms with Gasteiger partial charge >= 0.3 is 0 Å². The van der Waals surface area contributed by atoms with Crippen LogP contribution in [0.3, 0.4) is 0 Å². The van der Waals surface area contributed by atoms with Crippen LogP contribution < -0.4 is 10.1 Å². The van der Waals surface area contributed by atoms with Crippen molar-refractivity contribution in [2.24, 2.45) is 0 Å². The maximum atomic E-state index is 14.0. The number of rotatable bonds is 8. The predicted molar refractivity (Wildman–Crippen MR) is 112 cm³/mol. The molecule has 1 atom stereocenters. The Morgan fingerprint density at radius 1 is 1.33 bits per heavy atom. The van der Waals surface area contributed by atoms with Crippen LogP contribution in [0.25, 0.3) is 0 Å². The number of nitrogens with zero attached hydrogens (tertiary/aromatic N) is 1. The van der Waals surface area contributed by atoms with Crippen molar-refractivity contribution in [2.45, 2.75) is 39.0 Å². The molecule has 2 aromatic rings. The zero-order chi connectivity index (χ0) is 19.2. The molecular formula is C21H25BrClFN2O. The monoisotopic (exact) mass is 454 g/mol. The van der Waals surface area contributed by atoms with Gasteiger partial charge in [-0.15, -0.1) is 0 Å². The minimum Gasteiger partial charge on any atom is -0.488 e. The lowest BCUT2D eigenvalue weighted by molar-refractivity contribution is 0.258. The molecule has 6 heteroatoms. The van der Waals surface area contributed by atoms with E-state index in [-0.39, 0.29) is 12.4 Å². The van der Waals surface area contributed by atoms with Gasteiger partial charge in [0.1, 0.15) is 18.2 Å². The molecule has 1 aliphatic rings. The van der Waals surface area contributed by atoms with Gasteiger partial charge in [0, 0.05) is 34.7 Å². The Labute approximate surface area is 174 Å². The van der Waals surface area contributed by atoms with Gasteiger partial charge in [0.15, 0.2) is 0 Å². The maximum absolute atomic E-state index is 14.0. The van der Waals surface area contributed by atoms with Crippen LogP contribution in [0, 0.1) is 5.82 Å². The van der Waals surface area contributed by atoms with Gasteiger partial charge in [0.2, 0.25) is 0 Å². The summed E-state index contributed by atoms with van der Waals surface area (Å²) in [6, 6.07) is 11.1. The zero-order valence-corrected chi connectivity index (χ0v) is 17.8. The Bertz CT molecular complexity index is 754. The summed E-state index contributed by atoms with van der Waals surface area (Å²) >= 11 is 9.62. The third-order valence-electron chi connectivity index (χ3n) is 5.06. The highest BCUT2D eigenvalue weighted by Gasteiger charge is 2.22. The quantitative estimate of drug-likeness (QED) is 0.577. The standard InChI is InChI=1S/C21H25BrClFN2O/c1-2-26-10-4-5-17(26)13-25-12-15-11-16(22)8-9-21(15)27-14-18-19(23)6-3-7-20(18)24/h3,6-9,11,17,25H,2,4-5,10,12-14H2,1H3. The summed E-state index contributed by atoms with van der Waals surface area (Å²) in [6.45, 7) is 6.27. The van der Waals surface area contributed by atoms with Gasteiger partial charge in [-0.1, -0.05) is 40.5 Å². The summed E-state index contributed by atoms with van der Waals surface area (Å²) in [5, 5.41) is 3.94. The first kappa shape index (κ1) is 20.6. The van der Waals surface area contributed by atoms with Crippen LogP contribution in [0.1, 0.15) is 30.9 Å². The van der Waals surface area contributed by atoms with Crippen LogP contribution in [0.15, 0.2) is 40.9 Å². The fourth-order valence-electron chi connectivity index (χ4n) is 3.56. The number of hydrogen-bond acceptors (Lipinski definition) is 3. The maximum Gasteiger partial charge on any atom is 0.131 e. The molecule has 146 valence electrons. The highest BCUT2D eigenvalue weighted by molar-refractivity contribution is 9.10. The molecule has 0 aromatic heterocycles. The average molecular weight is 456 g/mol. The molecule has 1 saturated heterocycles. The number of benzene rings is 2. The smallest absolute Gasteiger partial charge is 0.131 e. The normalized spacial score (nSPS) is 17.4. The molecule has 0 radical (unpaired) electrons. The Morgan fingerprint density at radius 3 is 2.96 bits per heavy atom.